The molecule has 0 saturated heterocycles. The first-order chi connectivity index (χ1) is 9.10. The minimum absolute atomic E-state index is 0.0521. The van der Waals surface area contributed by atoms with Gasteiger partial charge in [0, 0.05) is 18.0 Å². The molecule has 0 amide bonds. The molecular weight excluding hydrogens is 301 g/mol. The van der Waals surface area contributed by atoms with Crippen molar-refractivity contribution in [1.29, 1.82) is 0 Å². The Labute approximate surface area is 127 Å². The van der Waals surface area contributed by atoms with Crippen molar-refractivity contribution in [1.82, 2.24) is 15.3 Å². The summed E-state index contributed by atoms with van der Waals surface area (Å²) in [6.07, 6.45) is 2.39. The van der Waals surface area contributed by atoms with Crippen LogP contribution in [0, 0.1) is 6.92 Å². The van der Waals surface area contributed by atoms with Gasteiger partial charge in [-0.05, 0) is 19.5 Å². The summed E-state index contributed by atoms with van der Waals surface area (Å²) in [6, 6.07) is 1.78. The van der Waals surface area contributed by atoms with E-state index in [1.165, 1.54) is 0 Å². The summed E-state index contributed by atoms with van der Waals surface area (Å²) in [7, 11) is 0. The third-order valence-electron chi connectivity index (χ3n) is 2.70. The van der Waals surface area contributed by atoms with Crippen molar-refractivity contribution < 1.29 is 0 Å². The van der Waals surface area contributed by atoms with Gasteiger partial charge in [0.05, 0.1) is 32.5 Å². The predicted molar refractivity (Wildman–Crippen MR) is 81.2 cm³/mol. The largest absolute Gasteiger partial charge is 0.309 e. The van der Waals surface area contributed by atoms with Crippen LogP contribution in [0.1, 0.15) is 29.4 Å². The van der Waals surface area contributed by atoms with Crippen LogP contribution in [0.15, 0.2) is 17.6 Å². The minimum atomic E-state index is 0.0521. The Morgan fingerprint density at radius 1 is 1.42 bits per heavy atom. The molecule has 1 atom stereocenters. The van der Waals surface area contributed by atoms with Crippen LogP contribution in [0.25, 0.3) is 0 Å². The number of thiazole rings is 1. The number of aryl methyl sites for hydroxylation is 1. The zero-order valence-electron chi connectivity index (χ0n) is 10.8. The van der Waals surface area contributed by atoms with Gasteiger partial charge < -0.3 is 5.32 Å². The van der Waals surface area contributed by atoms with Gasteiger partial charge in [0.15, 0.2) is 0 Å². The van der Waals surface area contributed by atoms with Crippen LogP contribution in [0.4, 0.5) is 0 Å². The number of halogens is 2. The van der Waals surface area contributed by atoms with E-state index in [1.807, 2.05) is 6.92 Å². The number of likely N-dealkylation sites (N-methyl/N-ethyl adjacent to an activating group) is 1. The highest BCUT2D eigenvalue weighted by molar-refractivity contribution is 7.09. The topological polar surface area (TPSA) is 37.8 Å². The second kappa shape index (κ2) is 6.66. The van der Waals surface area contributed by atoms with Crippen LogP contribution in [0.2, 0.25) is 10.0 Å². The van der Waals surface area contributed by atoms with E-state index in [-0.39, 0.29) is 6.04 Å². The van der Waals surface area contributed by atoms with Gasteiger partial charge in [-0.25, -0.2) is 4.98 Å². The molecule has 2 aromatic rings. The molecule has 2 rings (SSSR count). The van der Waals surface area contributed by atoms with Gasteiger partial charge in [-0.15, -0.1) is 11.3 Å². The van der Waals surface area contributed by atoms with E-state index >= 15 is 0 Å². The predicted octanol–water partition coefficient (Wildman–Crippen LogP) is 4.05. The van der Waals surface area contributed by atoms with Gasteiger partial charge in [0.2, 0.25) is 0 Å². The third kappa shape index (κ3) is 3.89. The molecule has 2 aromatic heterocycles. The number of hydrogen-bond acceptors (Lipinski definition) is 4. The van der Waals surface area contributed by atoms with Crippen molar-refractivity contribution in [2.24, 2.45) is 0 Å². The first kappa shape index (κ1) is 14.7. The lowest BCUT2D eigenvalue weighted by Gasteiger charge is -2.17. The van der Waals surface area contributed by atoms with Gasteiger partial charge in [-0.2, -0.15) is 0 Å². The van der Waals surface area contributed by atoms with Crippen LogP contribution < -0.4 is 5.32 Å². The van der Waals surface area contributed by atoms with Crippen molar-refractivity contribution >= 4 is 34.5 Å². The third-order valence-corrected chi connectivity index (χ3v) is 4.03. The number of hydrogen-bond donors (Lipinski definition) is 1. The van der Waals surface area contributed by atoms with E-state index in [4.69, 9.17) is 23.2 Å². The van der Waals surface area contributed by atoms with Crippen molar-refractivity contribution in [3.05, 3.63) is 44.1 Å². The number of rotatable bonds is 5. The highest BCUT2D eigenvalue weighted by atomic mass is 35.5. The standard InChI is InChI=1S/C13H15Cl2N3S/c1-3-16-12(5-10-7-19-8(2)18-10)13-11(15)4-9(14)6-17-13/h4,6-7,12,16H,3,5H2,1-2H3. The number of nitrogens with zero attached hydrogens (tertiary/aromatic N) is 2. The second-order valence-electron chi connectivity index (χ2n) is 4.19. The summed E-state index contributed by atoms with van der Waals surface area (Å²) < 4.78 is 0. The van der Waals surface area contributed by atoms with Crippen LogP contribution in [0.3, 0.4) is 0 Å². The Balaban J connectivity index is 2.23. The molecule has 0 aliphatic rings. The Morgan fingerprint density at radius 2 is 2.21 bits per heavy atom. The molecule has 3 nitrogen and oxygen atoms in total. The first-order valence-corrected chi connectivity index (χ1v) is 7.69. The molecular formula is C13H15Cl2N3S. The van der Waals surface area contributed by atoms with E-state index < -0.39 is 0 Å². The fraction of sp³-hybridized carbons (Fsp3) is 0.385. The molecule has 0 aliphatic heterocycles. The second-order valence-corrected chi connectivity index (χ2v) is 6.10. The van der Waals surface area contributed by atoms with Crippen molar-refractivity contribution in [2.75, 3.05) is 6.54 Å². The van der Waals surface area contributed by atoms with E-state index in [0.29, 0.717) is 10.0 Å². The van der Waals surface area contributed by atoms with Gasteiger partial charge in [0.1, 0.15) is 0 Å². The molecule has 0 fully saturated rings. The molecule has 1 unspecified atom stereocenters. The fourth-order valence-corrected chi connectivity index (χ4v) is 3.04. The van der Waals surface area contributed by atoms with E-state index in [1.54, 1.807) is 23.6 Å². The fourth-order valence-electron chi connectivity index (χ4n) is 1.90. The maximum atomic E-state index is 6.23. The molecule has 2 heterocycles. The molecule has 0 aromatic carbocycles. The SMILES string of the molecule is CCNC(Cc1csc(C)n1)c1ncc(Cl)cc1Cl. The Kier molecular flexibility index (Phi) is 5.16. The minimum Gasteiger partial charge on any atom is -0.309 e. The van der Waals surface area contributed by atoms with Crippen LogP contribution in [0.5, 0.6) is 0 Å². The Hall–Kier alpha value is -0.680. The summed E-state index contributed by atoms with van der Waals surface area (Å²) in [6.45, 7) is 4.90. The summed E-state index contributed by atoms with van der Waals surface area (Å²) >= 11 is 13.8. The van der Waals surface area contributed by atoms with Crippen molar-refractivity contribution in [3.8, 4) is 0 Å². The lowest BCUT2D eigenvalue weighted by Crippen LogP contribution is -2.24. The number of aromatic nitrogens is 2. The zero-order chi connectivity index (χ0) is 13.8. The Bertz CT molecular complexity index is 557. The highest BCUT2D eigenvalue weighted by Gasteiger charge is 2.17. The van der Waals surface area contributed by atoms with Crippen molar-refractivity contribution in [2.45, 2.75) is 26.3 Å². The summed E-state index contributed by atoms with van der Waals surface area (Å²) in [5, 5.41) is 7.67. The smallest absolute Gasteiger partial charge is 0.0897 e. The first-order valence-electron chi connectivity index (χ1n) is 6.05. The highest BCUT2D eigenvalue weighted by Crippen LogP contribution is 2.26. The lowest BCUT2D eigenvalue weighted by atomic mass is 10.1. The molecule has 0 radical (unpaired) electrons. The maximum Gasteiger partial charge on any atom is 0.0897 e. The van der Waals surface area contributed by atoms with Gasteiger partial charge in [-0.1, -0.05) is 30.1 Å². The summed E-state index contributed by atoms with van der Waals surface area (Å²) in [5.41, 5.74) is 1.87. The van der Waals surface area contributed by atoms with E-state index in [9.17, 15) is 0 Å². The Morgan fingerprint density at radius 3 is 2.79 bits per heavy atom. The molecule has 1 N–H and O–H groups in total. The molecule has 19 heavy (non-hydrogen) atoms. The van der Waals surface area contributed by atoms with Crippen molar-refractivity contribution in [3.63, 3.8) is 0 Å². The summed E-state index contributed by atoms with van der Waals surface area (Å²) in [5.74, 6) is 0. The maximum absolute atomic E-state index is 6.23. The monoisotopic (exact) mass is 315 g/mol. The normalized spacial score (nSPS) is 12.6. The molecule has 0 saturated carbocycles. The van der Waals surface area contributed by atoms with Crippen LogP contribution >= 0.6 is 34.5 Å². The van der Waals surface area contributed by atoms with E-state index in [0.717, 1.165) is 29.4 Å². The van der Waals surface area contributed by atoms with Crippen LogP contribution in [-0.2, 0) is 6.42 Å². The van der Waals surface area contributed by atoms with Gasteiger partial charge in [0.25, 0.3) is 0 Å². The van der Waals surface area contributed by atoms with Gasteiger partial charge >= 0.3 is 0 Å². The molecule has 6 heteroatoms. The number of pyridine rings is 1. The number of nitrogens with one attached hydrogen (secondary N) is 1. The molecule has 102 valence electrons. The van der Waals surface area contributed by atoms with Crippen LogP contribution in [-0.4, -0.2) is 16.5 Å². The quantitative estimate of drug-likeness (QED) is 0.904. The summed E-state index contributed by atoms with van der Waals surface area (Å²) in [4.78, 5) is 8.84. The van der Waals surface area contributed by atoms with E-state index in [2.05, 4.69) is 27.6 Å². The lowest BCUT2D eigenvalue weighted by molar-refractivity contribution is 0.532. The average Bonchev–Trinajstić information content (AvgIpc) is 2.74. The molecule has 0 aliphatic carbocycles. The molecule has 0 bridgehead atoms. The zero-order valence-corrected chi connectivity index (χ0v) is 13.1. The molecule has 0 spiro atoms. The van der Waals surface area contributed by atoms with Gasteiger partial charge in [-0.3, -0.25) is 4.98 Å². The average molecular weight is 316 g/mol.